The van der Waals surface area contributed by atoms with E-state index in [1.807, 2.05) is 64.7 Å². The zero-order chi connectivity index (χ0) is 26.5. The number of ether oxygens (including phenoxy) is 1. The Kier molecular flexibility index (Phi) is 7.40. The van der Waals surface area contributed by atoms with Crippen molar-refractivity contribution in [3.05, 3.63) is 102 Å². The van der Waals surface area contributed by atoms with Crippen LogP contribution < -0.4 is 14.8 Å². The SMILES string of the molecule is COc1cccc(-c2cnc(N[C@@H](Cc3ccc(NS(=O)(=O)O)cc3)c3csc(-c4ccccc4)n3)o2)c1. The van der Waals surface area contributed by atoms with Crippen LogP contribution in [0.3, 0.4) is 0 Å². The van der Waals surface area contributed by atoms with E-state index in [-0.39, 0.29) is 11.7 Å². The summed E-state index contributed by atoms with van der Waals surface area (Å²) in [5, 5.41) is 6.26. The fraction of sp³-hybridized carbons (Fsp3) is 0.111. The second kappa shape index (κ2) is 11.1. The van der Waals surface area contributed by atoms with Gasteiger partial charge in [-0.05, 0) is 36.2 Å². The molecule has 0 saturated carbocycles. The summed E-state index contributed by atoms with van der Waals surface area (Å²) in [6.07, 6.45) is 2.17. The summed E-state index contributed by atoms with van der Waals surface area (Å²) in [7, 11) is -2.73. The van der Waals surface area contributed by atoms with Gasteiger partial charge in [0.05, 0.1) is 30.7 Å². The normalized spacial score (nSPS) is 12.2. The van der Waals surface area contributed by atoms with Gasteiger partial charge in [-0.15, -0.1) is 11.3 Å². The summed E-state index contributed by atoms with van der Waals surface area (Å²) in [5.74, 6) is 1.31. The molecule has 2 heterocycles. The first-order valence-electron chi connectivity index (χ1n) is 11.6. The highest BCUT2D eigenvalue weighted by atomic mass is 32.2. The van der Waals surface area contributed by atoms with Crippen molar-refractivity contribution in [1.82, 2.24) is 9.97 Å². The maximum absolute atomic E-state index is 11.1. The molecule has 0 amide bonds. The van der Waals surface area contributed by atoms with Crippen molar-refractivity contribution in [3.63, 3.8) is 0 Å². The fourth-order valence-corrected chi connectivity index (χ4v) is 5.20. The van der Waals surface area contributed by atoms with Crippen molar-refractivity contribution in [1.29, 1.82) is 0 Å². The van der Waals surface area contributed by atoms with Crippen molar-refractivity contribution >= 4 is 33.3 Å². The Balaban J connectivity index is 1.41. The number of rotatable bonds is 10. The van der Waals surface area contributed by atoms with Crippen LogP contribution >= 0.6 is 11.3 Å². The second-order valence-electron chi connectivity index (χ2n) is 8.38. The van der Waals surface area contributed by atoms with Gasteiger partial charge in [-0.1, -0.05) is 54.6 Å². The molecule has 0 radical (unpaired) electrons. The third-order valence-corrected chi connectivity index (χ3v) is 7.10. The summed E-state index contributed by atoms with van der Waals surface area (Å²) in [6, 6.07) is 24.3. The molecule has 0 aliphatic heterocycles. The van der Waals surface area contributed by atoms with Crippen molar-refractivity contribution in [2.45, 2.75) is 12.5 Å². The van der Waals surface area contributed by atoms with Gasteiger partial charge in [0.15, 0.2) is 5.76 Å². The van der Waals surface area contributed by atoms with Crippen LogP contribution in [0.5, 0.6) is 5.75 Å². The highest BCUT2D eigenvalue weighted by Gasteiger charge is 2.20. The van der Waals surface area contributed by atoms with Gasteiger partial charge in [-0.25, -0.2) is 9.97 Å². The summed E-state index contributed by atoms with van der Waals surface area (Å²) in [6.45, 7) is 0. The van der Waals surface area contributed by atoms with Gasteiger partial charge >= 0.3 is 10.3 Å². The molecule has 5 rings (SSSR count). The average molecular weight is 549 g/mol. The van der Waals surface area contributed by atoms with Crippen LogP contribution in [0.15, 0.2) is 94.9 Å². The Morgan fingerprint density at radius 3 is 2.53 bits per heavy atom. The number of thiazole rings is 1. The Hall–Kier alpha value is -4.19. The van der Waals surface area contributed by atoms with E-state index in [9.17, 15) is 8.42 Å². The molecule has 0 aliphatic rings. The van der Waals surface area contributed by atoms with E-state index in [2.05, 4.69) is 10.3 Å². The molecule has 0 unspecified atom stereocenters. The monoisotopic (exact) mass is 548 g/mol. The number of anilines is 2. The molecule has 5 aromatic rings. The van der Waals surface area contributed by atoms with Gasteiger partial charge in [0.25, 0.3) is 6.01 Å². The van der Waals surface area contributed by atoms with Gasteiger partial charge in [-0.2, -0.15) is 8.42 Å². The highest BCUT2D eigenvalue weighted by molar-refractivity contribution is 7.87. The first kappa shape index (κ1) is 25.5. The molecule has 0 aliphatic carbocycles. The Morgan fingerprint density at radius 2 is 1.79 bits per heavy atom. The predicted molar refractivity (Wildman–Crippen MR) is 148 cm³/mol. The van der Waals surface area contributed by atoms with Gasteiger partial charge in [0, 0.05) is 16.5 Å². The van der Waals surface area contributed by atoms with Crippen molar-refractivity contribution < 1.29 is 22.1 Å². The van der Waals surface area contributed by atoms with Crippen LogP contribution in [0.25, 0.3) is 21.9 Å². The summed E-state index contributed by atoms with van der Waals surface area (Å²) in [4.78, 5) is 9.30. The lowest BCUT2D eigenvalue weighted by Gasteiger charge is -2.16. The molecule has 2 aromatic heterocycles. The first-order chi connectivity index (χ1) is 18.4. The number of benzene rings is 3. The maximum Gasteiger partial charge on any atom is 0.357 e. The standard InChI is InChI=1S/C27H24N4O5S2/c1-35-22-9-5-8-20(15-22)25-16-28-27(36-25)30-23(14-18-10-12-21(13-11-18)31-38(32,33)34)24-17-37-26(29-24)19-6-3-2-4-7-19/h2-13,15-17,23,31H,14H2,1H3,(H,28,30)(H,32,33,34)/t23-/m0/s1. The smallest absolute Gasteiger partial charge is 0.357 e. The second-order valence-corrected chi connectivity index (χ2v) is 10.4. The molecular formula is C27H24N4O5S2. The zero-order valence-electron chi connectivity index (χ0n) is 20.2. The molecule has 3 N–H and O–H groups in total. The van der Waals surface area contributed by atoms with Crippen LogP contribution in [0.1, 0.15) is 17.3 Å². The van der Waals surface area contributed by atoms with E-state index < -0.39 is 10.3 Å². The molecule has 0 fully saturated rings. The van der Waals surface area contributed by atoms with Crippen LogP contribution in [0.2, 0.25) is 0 Å². The number of hydrogen-bond donors (Lipinski definition) is 3. The molecule has 1 atom stereocenters. The molecule has 0 spiro atoms. The van der Waals surface area contributed by atoms with Crippen LogP contribution in [-0.2, 0) is 16.7 Å². The molecule has 194 valence electrons. The first-order valence-corrected chi connectivity index (χ1v) is 13.9. The number of hydrogen-bond acceptors (Lipinski definition) is 8. The van der Waals surface area contributed by atoms with Crippen LogP contribution in [0, 0.1) is 0 Å². The number of oxazole rings is 1. The fourth-order valence-electron chi connectivity index (χ4n) is 3.88. The molecule has 3 aromatic carbocycles. The highest BCUT2D eigenvalue weighted by Crippen LogP contribution is 2.32. The van der Waals surface area contributed by atoms with Gasteiger partial charge in [-0.3, -0.25) is 9.27 Å². The third kappa shape index (κ3) is 6.38. The van der Waals surface area contributed by atoms with Gasteiger partial charge in [0.1, 0.15) is 10.8 Å². The number of nitrogens with zero attached hydrogens (tertiary/aromatic N) is 2. The van der Waals surface area contributed by atoms with E-state index >= 15 is 0 Å². The molecular weight excluding hydrogens is 524 g/mol. The van der Waals surface area contributed by atoms with Crippen molar-refractivity contribution in [2.24, 2.45) is 0 Å². The quantitative estimate of drug-likeness (QED) is 0.179. The molecule has 0 bridgehead atoms. The van der Waals surface area contributed by atoms with Crippen LogP contribution in [-0.4, -0.2) is 30.0 Å². The summed E-state index contributed by atoms with van der Waals surface area (Å²) < 4.78 is 44.6. The maximum atomic E-state index is 11.1. The third-order valence-electron chi connectivity index (χ3n) is 5.70. The lowest BCUT2D eigenvalue weighted by molar-refractivity contribution is 0.415. The molecule has 38 heavy (non-hydrogen) atoms. The van der Waals surface area contributed by atoms with Crippen LogP contribution in [0.4, 0.5) is 11.7 Å². The summed E-state index contributed by atoms with van der Waals surface area (Å²) >= 11 is 1.55. The van der Waals surface area contributed by atoms with E-state index in [1.54, 1.807) is 48.9 Å². The summed E-state index contributed by atoms with van der Waals surface area (Å²) in [5.41, 5.74) is 3.85. The predicted octanol–water partition coefficient (Wildman–Crippen LogP) is 6.08. The number of nitrogens with one attached hydrogen (secondary N) is 2. The Morgan fingerprint density at radius 1 is 1.03 bits per heavy atom. The Bertz CT molecular complexity index is 1620. The molecule has 9 nitrogen and oxygen atoms in total. The lowest BCUT2D eigenvalue weighted by atomic mass is 10.0. The van der Waals surface area contributed by atoms with Crippen molar-refractivity contribution in [2.75, 3.05) is 17.1 Å². The largest absolute Gasteiger partial charge is 0.497 e. The Labute approximate surface area is 224 Å². The average Bonchev–Trinajstić information content (AvgIpc) is 3.60. The molecule has 11 heteroatoms. The zero-order valence-corrected chi connectivity index (χ0v) is 21.9. The van der Waals surface area contributed by atoms with Gasteiger partial charge in [0.2, 0.25) is 0 Å². The number of aromatic nitrogens is 2. The topological polar surface area (TPSA) is 127 Å². The lowest BCUT2D eigenvalue weighted by Crippen LogP contribution is -2.15. The van der Waals surface area contributed by atoms with Gasteiger partial charge < -0.3 is 14.5 Å². The van der Waals surface area contributed by atoms with E-state index in [1.165, 1.54) is 0 Å². The molecule has 0 saturated heterocycles. The minimum absolute atomic E-state index is 0.261. The minimum atomic E-state index is -4.34. The van der Waals surface area contributed by atoms with E-state index in [0.717, 1.165) is 27.4 Å². The number of methoxy groups -OCH3 is 1. The minimum Gasteiger partial charge on any atom is -0.497 e. The van der Waals surface area contributed by atoms with E-state index in [0.29, 0.717) is 23.9 Å². The van der Waals surface area contributed by atoms with Crippen molar-refractivity contribution in [3.8, 4) is 27.6 Å². The van der Waals surface area contributed by atoms with E-state index in [4.69, 9.17) is 18.7 Å².